The molecule has 1 atom stereocenters. The van der Waals surface area contributed by atoms with Gasteiger partial charge in [0.2, 0.25) is 0 Å². The fraction of sp³-hybridized carbons (Fsp3) is 0.625. The highest BCUT2D eigenvalue weighted by atomic mass is 16.5. The normalized spacial score (nSPS) is 12.2. The number of benzene rings is 1. The number of hydrogen-bond acceptors (Lipinski definition) is 4. The first kappa shape index (κ1) is 16.8. The van der Waals surface area contributed by atoms with Gasteiger partial charge in [-0.2, -0.15) is 0 Å². The Morgan fingerprint density at radius 1 is 1.10 bits per heavy atom. The molecule has 1 unspecified atom stereocenters. The van der Waals surface area contributed by atoms with Crippen molar-refractivity contribution in [1.29, 1.82) is 0 Å². The summed E-state index contributed by atoms with van der Waals surface area (Å²) in [4.78, 5) is 0. The summed E-state index contributed by atoms with van der Waals surface area (Å²) in [6.45, 7) is 3.42. The first-order chi connectivity index (χ1) is 9.76. The zero-order valence-corrected chi connectivity index (χ0v) is 12.8. The Balaban J connectivity index is 2.60. The summed E-state index contributed by atoms with van der Waals surface area (Å²) in [6.07, 6.45) is 4.06. The standard InChI is InChI=1S/C16H27NO3/c1-4-14(17-10-6-5-7-11-18)13-8-9-15(19-2)16(12-13)20-3/h8-9,12,14,17-18H,4-7,10-11H2,1-3H3. The number of nitrogens with one attached hydrogen (secondary N) is 1. The van der Waals surface area contributed by atoms with Crippen LogP contribution in [-0.4, -0.2) is 32.5 Å². The van der Waals surface area contributed by atoms with Crippen molar-refractivity contribution in [3.8, 4) is 11.5 Å². The van der Waals surface area contributed by atoms with Crippen molar-refractivity contribution in [2.24, 2.45) is 0 Å². The molecule has 1 aromatic carbocycles. The van der Waals surface area contributed by atoms with Crippen LogP contribution in [0.15, 0.2) is 18.2 Å². The number of aliphatic hydroxyl groups is 1. The van der Waals surface area contributed by atoms with Crippen molar-refractivity contribution in [2.45, 2.75) is 38.6 Å². The van der Waals surface area contributed by atoms with E-state index in [2.05, 4.69) is 18.3 Å². The van der Waals surface area contributed by atoms with Gasteiger partial charge in [-0.15, -0.1) is 0 Å². The molecule has 2 N–H and O–H groups in total. The van der Waals surface area contributed by atoms with Crippen LogP contribution < -0.4 is 14.8 Å². The molecular formula is C16H27NO3. The minimum Gasteiger partial charge on any atom is -0.493 e. The maximum absolute atomic E-state index is 8.76. The predicted molar refractivity (Wildman–Crippen MR) is 81.5 cm³/mol. The fourth-order valence-electron chi connectivity index (χ4n) is 2.26. The van der Waals surface area contributed by atoms with Gasteiger partial charge >= 0.3 is 0 Å². The molecule has 1 rings (SSSR count). The number of hydrogen-bond donors (Lipinski definition) is 2. The lowest BCUT2D eigenvalue weighted by Crippen LogP contribution is -2.22. The SMILES string of the molecule is CCC(NCCCCCO)c1ccc(OC)c(OC)c1. The van der Waals surface area contributed by atoms with Crippen LogP contribution in [0.4, 0.5) is 0 Å². The quantitative estimate of drug-likeness (QED) is 0.647. The molecule has 114 valence electrons. The van der Waals surface area contributed by atoms with Crippen molar-refractivity contribution in [2.75, 3.05) is 27.4 Å². The third-order valence-corrected chi connectivity index (χ3v) is 3.44. The number of ether oxygens (including phenoxy) is 2. The monoisotopic (exact) mass is 281 g/mol. The van der Waals surface area contributed by atoms with Gasteiger partial charge in [0.25, 0.3) is 0 Å². The van der Waals surface area contributed by atoms with Crippen LogP contribution in [0.1, 0.15) is 44.2 Å². The van der Waals surface area contributed by atoms with E-state index in [1.54, 1.807) is 14.2 Å². The molecule has 0 aliphatic rings. The van der Waals surface area contributed by atoms with Gasteiger partial charge < -0.3 is 19.9 Å². The van der Waals surface area contributed by atoms with E-state index in [-0.39, 0.29) is 6.61 Å². The maximum Gasteiger partial charge on any atom is 0.161 e. The summed E-state index contributed by atoms with van der Waals surface area (Å²) in [5.74, 6) is 1.53. The van der Waals surface area contributed by atoms with E-state index in [1.807, 2.05) is 12.1 Å². The van der Waals surface area contributed by atoms with Gasteiger partial charge in [0.1, 0.15) is 0 Å². The number of methoxy groups -OCH3 is 2. The van der Waals surface area contributed by atoms with Crippen LogP contribution >= 0.6 is 0 Å². The Labute approximate surface area is 122 Å². The Morgan fingerprint density at radius 2 is 1.85 bits per heavy atom. The van der Waals surface area contributed by atoms with Crippen molar-refractivity contribution in [3.05, 3.63) is 23.8 Å². The van der Waals surface area contributed by atoms with Crippen LogP contribution in [0.3, 0.4) is 0 Å². The van der Waals surface area contributed by atoms with E-state index in [0.717, 1.165) is 43.7 Å². The van der Waals surface area contributed by atoms with Gasteiger partial charge in [0, 0.05) is 12.6 Å². The number of aliphatic hydroxyl groups excluding tert-OH is 1. The van der Waals surface area contributed by atoms with Crippen LogP contribution in [0.5, 0.6) is 11.5 Å². The average molecular weight is 281 g/mol. The van der Waals surface area contributed by atoms with Gasteiger partial charge in [0.15, 0.2) is 11.5 Å². The van der Waals surface area contributed by atoms with E-state index in [4.69, 9.17) is 14.6 Å². The zero-order valence-electron chi connectivity index (χ0n) is 12.8. The highest BCUT2D eigenvalue weighted by Crippen LogP contribution is 2.30. The minimum absolute atomic E-state index is 0.285. The smallest absolute Gasteiger partial charge is 0.161 e. The zero-order chi connectivity index (χ0) is 14.8. The maximum atomic E-state index is 8.76. The van der Waals surface area contributed by atoms with E-state index in [0.29, 0.717) is 6.04 Å². The second-order valence-electron chi connectivity index (χ2n) is 4.81. The van der Waals surface area contributed by atoms with Gasteiger partial charge in [-0.3, -0.25) is 0 Å². The second-order valence-corrected chi connectivity index (χ2v) is 4.81. The largest absolute Gasteiger partial charge is 0.493 e. The molecule has 0 aromatic heterocycles. The lowest BCUT2D eigenvalue weighted by atomic mass is 10.0. The van der Waals surface area contributed by atoms with Crippen molar-refractivity contribution in [1.82, 2.24) is 5.32 Å². The fourth-order valence-corrected chi connectivity index (χ4v) is 2.26. The predicted octanol–water partition coefficient (Wildman–Crippen LogP) is 2.91. The summed E-state index contributed by atoms with van der Waals surface area (Å²) >= 11 is 0. The molecule has 0 saturated carbocycles. The first-order valence-corrected chi connectivity index (χ1v) is 7.33. The van der Waals surface area contributed by atoms with Gasteiger partial charge in [-0.05, 0) is 49.9 Å². The van der Waals surface area contributed by atoms with Crippen LogP contribution in [0.2, 0.25) is 0 Å². The van der Waals surface area contributed by atoms with E-state index in [9.17, 15) is 0 Å². The first-order valence-electron chi connectivity index (χ1n) is 7.33. The van der Waals surface area contributed by atoms with Gasteiger partial charge in [0.05, 0.1) is 14.2 Å². The molecule has 0 amide bonds. The molecule has 1 aromatic rings. The Morgan fingerprint density at radius 3 is 2.45 bits per heavy atom. The molecule has 0 aliphatic heterocycles. The second kappa shape index (κ2) is 9.61. The van der Waals surface area contributed by atoms with Gasteiger partial charge in [-0.1, -0.05) is 13.0 Å². The number of rotatable bonds is 10. The summed E-state index contributed by atoms with van der Waals surface area (Å²) in [5, 5.41) is 12.3. The lowest BCUT2D eigenvalue weighted by molar-refractivity contribution is 0.282. The van der Waals surface area contributed by atoms with Crippen molar-refractivity contribution in [3.63, 3.8) is 0 Å². The molecular weight excluding hydrogens is 254 g/mol. The summed E-state index contributed by atoms with van der Waals surface area (Å²) in [6, 6.07) is 6.39. The molecule has 20 heavy (non-hydrogen) atoms. The molecule has 0 fully saturated rings. The number of unbranched alkanes of at least 4 members (excludes halogenated alkanes) is 2. The topological polar surface area (TPSA) is 50.7 Å². The average Bonchev–Trinajstić information content (AvgIpc) is 2.50. The molecule has 0 radical (unpaired) electrons. The molecule has 0 saturated heterocycles. The molecule has 0 aliphatic carbocycles. The van der Waals surface area contributed by atoms with Crippen molar-refractivity contribution < 1.29 is 14.6 Å². The lowest BCUT2D eigenvalue weighted by Gasteiger charge is -2.19. The molecule has 0 spiro atoms. The Kier molecular flexibility index (Phi) is 8.07. The van der Waals surface area contributed by atoms with Crippen LogP contribution in [0.25, 0.3) is 0 Å². The highest BCUT2D eigenvalue weighted by molar-refractivity contribution is 5.43. The van der Waals surface area contributed by atoms with Crippen LogP contribution in [-0.2, 0) is 0 Å². The molecule has 0 bridgehead atoms. The summed E-state index contributed by atoms with van der Waals surface area (Å²) in [5.41, 5.74) is 1.22. The van der Waals surface area contributed by atoms with Gasteiger partial charge in [-0.25, -0.2) is 0 Å². The van der Waals surface area contributed by atoms with E-state index in [1.165, 1.54) is 5.56 Å². The minimum atomic E-state index is 0.285. The van der Waals surface area contributed by atoms with Crippen LogP contribution in [0, 0.1) is 0 Å². The molecule has 4 heteroatoms. The van der Waals surface area contributed by atoms with Crippen molar-refractivity contribution >= 4 is 0 Å². The molecule has 0 heterocycles. The van der Waals surface area contributed by atoms with E-state index >= 15 is 0 Å². The summed E-state index contributed by atoms with van der Waals surface area (Å²) in [7, 11) is 3.30. The third kappa shape index (κ3) is 5.02. The third-order valence-electron chi connectivity index (χ3n) is 3.44. The van der Waals surface area contributed by atoms with E-state index < -0.39 is 0 Å². The summed E-state index contributed by atoms with van der Waals surface area (Å²) < 4.78 is 10.6. The molecule has 4 nitrogen and oxygen atoms in total. The highest BCUT2D eigenvalue weighted by Gasteiger charge is 2.12. The Bertz CT molecular complexity index is 382. The Hall–Kier alpha value is -1.26.